The monoisotopic (exact) mass is 363 g/mol. The van der Waals surface area contributed by atoms with E-state index in [1.54, 1.807) is 12.1 Å². The number of carbonyl (C=O) groups is 2. The molecule has 0 aliphatic heterocycles. The molecule has 0 saturated heterocycles. The lowest BCUT2D eigenvalue weighted by molar-refractivity contribution is -0.255. The van der Waals surface area contributed by atoms with Crippen LogP contribution in [0.15, 0.2) is 65.1 Å². The molecule has 0 atom stereocenters. The first-order valence-electron chi connectivity index (χ1n) is 7.84. The number of hydrogen-bond acceptors (Lipinski definition) is 5. The Bertz CT molecular complexity index is 957. The van der Waals surface area contributed by atoms with Crippen LogP contribution in [0.5, 0.6) is 0 Å². The molecule has 5 nitrogen and oxygen atoms in total. The third-order valence-corrected chi connectivity index (χ3v) is 4.67. The lowest BCUT2D eigenvalue weighted by Gasteiger charge is -2.04. The standard InChI is InChI=1S/C20H16N2O3S/c1-13-2-6-15(7-3-13)17-10-11-26-18(17)19(23)22-21-12-14-4-8-16(9-5-14)20(24)25/h2-12H,1H3,(H,22,23)(H,24,25)/p-1/b21-12-. The highest BCUT2D eigenvalue weighted by Gasteiger charge is 2.13. The zero-order chi connectivity index (χ0) is 18.5. The van der Waals surface area contributed by atoms with Crippen molar-refractivity contribution >= 4 is 29.4 Å². The van der Waals surface area contributed by atoms with E-state index >= 15 is 0 Å². The van der Waals surface area contributed by atoms with Crippen LogP contribution in [0, 0.1) is 6.92 Å². The summed E-state index contributed by atoms with van der Waals surface area (Å²) in [4.78, 5) is 23.7. The lowest BCUT2D eigenvalue weighted by Crippen LogP contribution is -2.22. The van der Waals surface area contributed by atoms with Gasteiger partial charge in [0.1, 0.15) is 4.88 Å². The van der Waals surface area contributed by atoms with Gasteiger partial charge in [-0.3, -0.25) is 4.79 Å². The number of hydrazone groups is 1. The van der Waals surface area contributed by atoms with E-state index in [9.17, 15) is 14.7 Å². The quantitative estimate of drug-likeness (QED) is 0.559. The van der Waals surface area contributed by atoms with E-state index in [4.69, 9.17) is 0 Å². The van der Waals surface area contributed by atoms with Gasteiger partial charge in [0.2, 0.25) is 0 Å². The van der Waals surface area contributed by atoms with E-state index in [0.29, 0.717) is 10.4 Å². The summed E-state index contributed by atoms with van der Waals surface area (Å²) in [6.45, 7) is 2.01. The Balaban J connectivity index is 1.70. The molecule has 0 bridgehead atoms. The fourth-order valence-corrected chi connectivity index (χ4v) is 3.17. The van der Waals surface area contributed by atoms with Crippen molar-refractivity contribution in [2.45, 2.75) is 6.92 Å². The highest BCUT2D eigenvalue weighted by atomic mass is 32.1. The van der Waals surface area contributed by atoms with Crippen molar-refractivity contribution in [3.05, 3.63) is 81.5 Å². The summed E-state index contributed by atoms with van der Waals surface area (Å²) in [6, 6.07) is 15.9. The molecule has 0 aliphatic carbocycles. The number of aromatic carboxylic acids is 1. The van der Waals surface area contributed by atoms with Crippen molar-refractivity contribution in [1.29, 1.82) is 0 Å². The molecule has 1 N–H and O–H groups in total. The van der Waals surface area contributed by atoms with E-state index in [-0.39, 0.29) is 11.5 Å². The lowest BCUT2D eigenvalue weighted by atomic mass is 10.1. The molecule has 0 aliphatic rings. The van der Waals surface area contributed by atoms with Crippen LogP contribution >= 0.6 is 11.3 Å². The molecule has 6 heteroatoms. The van der Waals surface area contributed by atoms with Crippen molar-refractivity contribution < 1.29 is 14.7 Å². The number of thiophene rings is 1. The zero-order valence-corrected chi connectivity index (χ0v) is 14.7. The Kier molecular flexibility index (Phi) is 5.24. The molecule has 130 valence electrons. The summed E-state index contributed by atoms with van der Waals surface area (Å²) < 4.78 is 0. The minimum atomic E-state index is -1.23. The average molecular weight is 363 g/mol. The normalized spacial score (nSPS) is 10.8. The van der Waals surface area contributed by atoms with Crippen LogP contribution < -0.4 is 10.5 Å². The molecule has 1 heterocycles. The Morgan fingerprint density at radius 3 is 2.38 bits per heavy atom. The molecule has 0 radical (unpaired) electrons. The molecule has 0 fully saturated rings. The number of rotatable bonds is 5. The minimum absolute atomic E-state index is 0.0903. The van der Waals surface area contributed by atoms with Crippen molar-refractivity contribution in [3.8, 4) is 11.1 Å². The van der Waals surface area contributed by atoms with Crippen LogP contribution in [0.25, 0.3) is 11.1 Å². The number of aryl methyl sites for hydroxylation is 1. The molecule has 0 spiro atoms. The molecule has 3 aromatic rings. The second-order valence-corrected chi connectivity index (χ2v) is 6.55. The molecule has 26 heavy (non-hydrogen) atoms. The first-order chi connectivity index (χ1) is 12.5. The number of carbonyl (C=O) groups excluding carboxylic acids is 2. The predicted octanol–water partition coefficient (Wildman–Crippen LogP) is 2.85. The summed E-state index contributed by atoms with van der Waals surface area (Å²) in [7, 11) is 0. The Hall–Kier alpha value is -3.25. The summed E-state index contributed by atoms with van der Waals surface area (Å²) in [5.41, 5.74) is 6.26. The first-order valence-corrected chi connectivity index (χ1v) is 8.72. The maximum absolute atomic E-state index is 12.4. The predicted molar refractivity (Wildman–Crippen MR) is 100 cm³/mol. The van der Waals surface area contributed by atoms with E-state index in [1.165, 1.54) is 29.7 Å². The molecule has 1 aromatic heterocycles. The number of amides is 1. The maximum atomic E-state index is 12.4. The summed E-state index contributed by atoms with van der Waals surface area (Å²) >= 11 is 1.35. The Morgan fingerprint density at radius 1 is 1.04 bits per heavy atom. The number of hydrogen-bond donors (Lipinski definition) is 1. The fraction of sp³-hybridized carbons (Fsp3) is 0.0500. The van der Waals surface area contributed by atoms with Crippen molar-refractivity contribution in [1.82, 2.24) is 5.43 Å². The Morgan fingerprint density at radius 2 is 1.73 bits per heavy atom. The van der Waals surface area contributed by atoms with Crippen LogP contribution in [0.3, 0.4) is 0 Å². The van der Waals surface area contributed by atoms with Crippen LogP contribution in [0.4, 0.5) is 0 Å². The molecule has 2 aromatic carbocycles. The number of nitrogens with one attached hydrogen (secondary N) is 1. The first kappa shape index (κ1) is 17.6. The molecule has 0 unspecified atom stereocenters. The SMILES string of the molecule is Cc1ccc(-c2ccsc2C(=O)N/N=C\c2ccc(C(=O)[O-])cc2)cc1. The average Bonchev–Trinajstić information content (AvgIpc) is 3.12. The smallest absolute Gasteiger partial charge is 0.282 e. The third-order valence-electron chi connectivity index (χ3n) is 3.76. The maximum Gasteiger partial charge on any atom is 0.282 e. The van der Waals surface area contributed by atoms with Gasteiger partial charge in [0.25, 0.3) is 5.91 Å². The van der Waals surface area contributed by atoms with Crippen LogP contribution in [-0.2, 0) is 0 Å². The minimum Gasteiger partial charge on any atom is -0.545 e. The number of benzene rings is 2. The van der Waals surface area contributed by atoms with E-state index < -0.39 is 5.97 Å². The van der Waals surface area contributed by atoms with Gasteiger partial charge in [-0.05, 0) is 35.1 Å². The van der Waals surface area contributed by atoms with Gasteiger partial charge in [0.15, 0.2) is 0 Å². The fourth-order valence-electron chi connectivity index (χ4n) is 2.37. The molecule has 3 rings (SSSR count). The molecule has 0 saturated carbocycles. The van der Waals surface area contributed by atoms with E-state index in [0.717, 1.165) is 16.7 Å². The van der Waals surface area contributed by atoms with E-state index in [2.05, 4.69) is 10.5 Å². The van der Waals surface area contributed by atoms with Crippen LogP contribution in [0.1, 0.15) is 31.2 Å². The largest absolute Gasteiger partial charge is 0.545 e. The van der Waals surface area contributed by atoms with Gasteiger partial charge in [0.05, 0.1) is 12.2 Å². The van der Waals surface area contributed by atoms with Gasteiger partial charge in [0, 0.05) is 5.56 Å². The van der Waals surface area contributed by atoms with Crippen molar-refractivity contribution in [2.24, 2.45) is 5.10 Å². The highest BCUT2D eigenvalue weighted by molar-refractivity contribution is 7.12. The topological polar surface area (TPSA) is 81.6 Å². The van der Waals surface area contributed by atoms with Gasteiger partial charge >= 0.3 is 0 Å². The Labute approximate surface area is 154 Å². The van der Waals surface area contributed by atoms with Gasteiger partial charge in [-0.15, -0.1) is 11.3 Å². The highest BCUT2D eigenvalue weighted by Crippen LogP contribution is 2.28. The molecular formula is C20H15N2O3S-. The van der Waals surface area contributed by atoms with Crippen molar-refractivity contribution in [2.75, 3.05) is 0 Å². The third kappa shape index (κ3) is 4.04. The molecular weight excluding hydrogens is 348 g/mol. The zero-order valence-electron chi connectivity index (χ0n) is 13.9. The summed E-state index contributed by atoms with van der Waals surface area (Å²) in [5, 5.41) is 16.5. The van der Waals surface area contributed by atoms with Crippen LogP contribution in [0.2, 0.25) is 0 Å². The summed E-state index contributed by atoms with van der Waals surface area (Å²) in [5.74, 6) is -1.53. The van der Waals surface area contributed by atoms with Gasteiger partial charge in [-0.25, -0.2) is 5.43 Å². The second-order valence-electron chi connectivity index (χ2n) is 5.64. The number of carboxylic acids is 1. The van der Waals surface area contributed by atoms with Crippen molar-refractivity contribution in [3.63, 3.8) is 0 Å². The number of carboxylic acid groups (broad SMARTS) is 1. The number of nitrogens with zero attached hydrogens (tertiary/aromatic N) is 1. The van der Waals surface area contributed by atoms with E-state index in [1.807, 2.05) is 42.6 Å². The van der Waals surface area contributed by atoms with Gasteiger partial charge < -0.3 is 9.90 Å². The summed E-state index contributed by atoms with van der Waals surface area (Å²) in [6.07, 6.45) is 1.45. The second kappa shape index (κ2) is 7.76. The van der Waals surface area contributed by atoms with Gasteiger partial charge in [-0.2, -0.15) is 5.10 Å². The molecule has 1 amide bonds. The van der Waals surface area contributed by atoms with Crippen LogP contribution in [-0.4, -0.2) is 18.1 Å². The van der Waals surface area contributed by atoms with Gasteiger partial charge in [-0.1, -0.05) is 54.1 Å².